The van der Waals surface area contributed by atoms with Crippen LogP contribution in [0.5, 0.6) is 0 Å². The van der Waals surface area contributed by atoms with Gasteiger partial charge in [0.1, 0.15) is 5.82 Å². The van der Waals surface area contributed by atoms with E-state index in [2.05, 4.69) is 25.6 Å². The van der Waals surface area contributed by atoms with Gasteiger partial charge in [0.15, 0.2) is 23.1 Å². The van der Waals surface area contributed by atoms with Crippen molar-refractivity contribution >= 4 is 32.9 Å². The number of pyridine rings is 1. The van der Waals surface area contributed by atoms with Crippen molar-refractivity contribution < 1.29 is 26.7 Å². The highest BCUT2D eigenvalue weighted by atomic mass is 32.2. The molecule has 0 unspecified atom stereocenters. The van der Waals surface area contributed by atoms with Gasteiger partial charge in [-0.2, -0.15) is 0 Å². The number of amides is 2. The van der Waals surface area contributed by atoms with Crippen LogP contribution in [-0.2, 0) is 14.8 Å². The van der Waals surface area contributed by atoms with Crippen LogP contribution in [0, 0.1) is 18.6 Å². The molecule has 1 aromatic carbocycles. The number of fused-ring (bicyclic) bond motifs is 1. The molecule has 2 aliphatic rings. The quantitative estimate of drug-likeness (QED) is 0.334. The number of halogens is 2. The number of aromatic nitrogens is 4. The molecule has 14 heteroatoms. The highest BCUT2D eigenvalue weighted by Gasteiger charge is 2.28. The number of ether oxygens (including phenoxy) is 1. The molecule has 6 rings (SSSR count). The van der Waals surface area contributed by atoms with Crippen LogP contribution in [0.3, 0.4) is 0 Å². The number of hydrogen-bond acceptors (Lipinski definition) is 8. The minimum absolute atomic E-state index is 0.00661. The van der Waals surface area contributed by atoms with E-state index < -0.39 is 21.7 Å². The summed E-state index contributed by atoms with van der Waals surface area (Å²) in [4.78, 5) is 27.0. The van der Waals surface area contributed by atoms with E-state index in [1.807, 2.05) is 6.92 Å². The van der Waals surface area contributed by atoms with Crippen molar-refractivity contribution in [2.75, 3.05) is 31.6 Å². The largest absolute Gasteiger partial charge is 0.378 e. The Labute approximate surface area is 247 Å². The van der Waals surface area contributed by atoms with Crippen molar-refractivity contribution in [2.24, 2.45) is 0 Å². The van der Waals surface area contributed by atoms with Crippen LogP contribution in [0.25, 0.3) is 22.4 Å². The molecule has 226 valence electrons. The lowest BCUT2D eigenvalue weighted by molar-refractivity contribution is 0.0521. The van der Waals surface area contributed by atoms with Crippen LogP contribution in [0.2, 0.25) is 0 Å². The van der Waals surface area contributed by atoms with Gasteiger partial charge in [-0.15, -0.1) is 0 Å². The summed E-state index contributed by atoms with van der Waals surface area (Å²) in [6, 6.07) is 7.07. The summed E-state index contributed by atoms with van der Waals surface area (Å²) < 4.78 is 62.7. The van der Waals surface area contributed by atoms with Gasteiger partial charge in [0.05, 0.1) is 30.5 Å². The van der Waals surface area contributed by atoms with Gasteiger partial charge in [-0.25, -0.2) is 40.9 Å². The Kier molecular flexibility index (Phi) is 7.97. The van der Waals surface area contributed by atoms with Crippen molar-refractivity contribution in [3.63, 3.8) is 0 Å². The first kappa shape index (κ1) is 28.9. The number of nitrogens with one attached hydrogen (secondary N) is 2. The molecule has 1 saturated heterocycles. The molecule has 0 bridgehead atoms. The van der Waals surface area contributed by atoms with Crippen LogP contribution in [0.4, 0.5) is 19.4 Å². The van der Waals surface area contributed by atoms with Crippen LogP contribution in [0.15, 0.2) is 53.8 Å². The van der Waals surface area contributed by atoms with Gasteiger partial charge in [-0.1, -0.05) is 17.7 Å². The number of nitrogens with zero attached hydrogens (tertiary/aromatic N) is 5. The van der Waals surface area contributed by atoms with Gasteiger partial charge in [0, 0.05) is 42.3 Å². The number of carbonyl (C=O) groups excluding carboxylic acids is 1. The fourth-order valence-corrected chi connectivity index (χ4v) is 6.84. The van der Waals surface area contributed by atoms with Crippen LogP contribution >= 0.6 is 0 Å². The summed E-state index contributed by atoms with van der Waals surface area (Å²) in [5.74, 6) is -1.43. The van der Waals surface area contributed by atoms with Gasteiger partial charge < -0.3 is 20.3 Å². The summed E-state index contributed by atoms with van der Waals surface area (Å²) in [5.41, 5.74) is 1.06. The molecular formula is C29H31F2N7O4S. The Morgan fingerprint density at radius 1 is 1.05 bits per heavy atom. The van der Waals surface area contributed by atoms with Crippen LogP contribution in [-0.4, -0.2) is 76.7 Å². The SMILES string of the molecule is Cc1ccc(S(=O)(=O)n2cc(-c3ncc(F)c(N[C@H]4CCC[C@@H](NC(=O)N5CCOCC5)C4)n3)c3cc(F)cnc32)cc1. The number of rotatable bonds is 6. The van der Waals surface area contributed by atoms with Crippen molar-refractivity contribution in [2.45, 2.75) is 49.6 Å². The third kappa shape index (κ3) is 6.02. The maximum absolute atomic E-state index is 15.0. The molecule has 1 aliphatic heterocycles. The second kappa shape index (κ2) is 11.8. The average Bonchev–Trinajstić information content (AvgIpc) is 3.39. The fourth-order valence-electron chi connectivity index (χ4n) is 5.51. The second-order valence-electron chi connectivity index (χ2n) is 10.8. The minimum atomic E-state index is -4.11. The molecule has 4 heterocycles. The number of aryl methyl sites for hydroxylation is 1. The Balaban J connectivity index is 1.27. The zero-order chi connectivity index (χ0) is 30.1. The van der Waals surface area contributed by atoms with Crippen molar-refractivity contribution in [1.29, 1.82) is 0 Å². The Hall–Kier alpha value is -4.17. The number of urea groups is 1. The smallest absolute Gasteiger partial charge is 0.317 e. The predicted octanol–water partition coefficient (Wildman–Crippen LogP) is 4.08. The minimum Gasteiger partial charge on any atom is -0.378 e. The fraction of sp³-hybridized carbons (Fsp3) is 0.379. The molecule has 11 nitrogen and oxygen atoms in total. The van der Waals surface area contributed by atoms with E-state index in [0.29, 0.717) is 32.7 Å². The van der Waals surface area contributed by atoms with Gasteiger partial charge in [0.25, 0.3) is 10.0 Å². The van der Waals surface area contributed by atoms with Crippen molar-refractivity contribution in [3.8, 4) is 11.4 Å². The summed E-state index contributed by atoms with van der Waals surface area (Å²) in [7, 11) is -4.11. The summed E-state index contributed by atoms with van der Waals surface area (Å²) in [6.07, 6.45) is 6.14. The molecule has 2 amide bonds. The molecule has 1 saturated carbocycles. The Morgan fingerprint density at radius 2 is 1.79 bits per heavy atom. The first-order valence-corrected chi connectivity index (χ1v) is 15.5. The summed E-state index contributed by atoms with van der Waals surface area (Å²) in [5, 5.41) is 6.39. The predicted molar refractivity (Wildman–Crippen MR) is 155 cm³/mol. The molecule has 2 N–H and O–H groups in total. The number of anilines is 1. The molecule has 0 radical (unpaired) electrons. The van der Waals surface area contributed by atoms with Gasteiger partial charge in [0.2, 0.25) is 0 Å². The lowest BCUT2D eigenvalue weighted by Gasteiger charge is -2.33. The zero-order valence-corrected chi connectivity index (χ0v) is 24.3. The van der Waals surface area contributed by atoms with E-state index >= 15 is 0 Å². The number of benzene rings is 1. The standard InChI is InChI=1S/C29H31F2N7O4S/c1-18-5-7-22(8-6-18)43(40,41)38-17-24(23-13-19(30)15-33-28(23)38)26-32-16-25(31)27(36-26)34-20-3-2-4-21(14-20)35-29(39)37-9-11-42-12-10-37/h5-8,13,15-17,20-21H,2-4,9-12,14H2,1H3,(H,35,39)(H,32,34,36)/t20-,21+/m0/s1. The molecule has 4 aromatic rings. The third-order valence-corrected chi connectivity index (χ3v) is 9.45. The third-order valence-electron chi connectivity index (χ3n) is 7.78. The maximum atomic E-state index is 15.0. The van der Waals surface area contributed by atoms with E-state index in [-0.39, 0.29) is 51.2 Å². The molecule has 2 fully saturated rings. The average molecular weight is 612 g/mol. The second-order valence-corrected chi connectivity index (χ2v) is 12.6. The van der Waals surface area contributed by atoms with E-state index in [1.165, 1.54) is 18.3 Å². The van der Waals surface area contributed by atoms with E-state index in [9.17, 15) is 22.0 Å². The summed E-state index contributed by atoms with van der Waals surface area (Å²) in [6.45, 7) is 3.94. The Morgan fingerprint density at radius 3 is 2.56 bits per heavy atom. The van der Waals surface area contributed by atoms with Crippen LogP contribution in [0.1, 0.15) is 31.2 Å². The van der Waals surface area contributed by atoms with Crippen molar-refractivity contribution in [3.05, 3.63) is 66.1 Å². The lowest BCUT2D eigenvalue weighted by Crippen LogP contribution is -2.51. The van der Waals surface area contributed by atoms with Gasteiger partial charge in [-0.3, -0.25) is 0 Å². The number of hydrogen-bond donors (Lipinski definition) is 2. The monoisotopic (exact) mass is 611 g/mol. The number of carbonyl (C=O) groups is 1. The summed E-state index contributed by atoms with van der Waals surface area (Å²) >= 11 is 0. The maximum Gasteiger partial charge on any atom is 0.317 e. The van der Waals surface area contributed by atoms with Gasteiger partial charge in [-0.05, 0) is 50.8 Å². The molecular weight excluding hydrogens is 580 g/mol. The van der Waals surface area contributed by atoms with Crippen LogP contribution < -0.4 is 10.6 Å². The van der Waals surface area contributed by atoms with E-state index in [4.69, 9.17) is 4.74 Å². The van der Waals surface area contributed by atoms with E-state index in [1.54, 1.807) is 17.0 Å². The van der Waals surface area contributed by atoms with E-state index in [0.717, 1.165) is 47.3 Å². The highest BCUT2D eigenvalue weighted by molar-refractivity contribution is 7.90. The molecule has 2 atom stereocenters. The first-order valence-electron chi connectivity index (χ1n) is 14.1. The lowest BCUT2D eigenvalue weighted by atomic mass is 9.91. The number of morpholine rings is 1. The van der Waals surface area contributed by atoms with Crippen molar-refractivity contribution in [1.82, 2.24) is 29.1 Å². The Bertz CT molecular complexity index is 1760. The molecule has 3 aromatic heterocycles. The first-order chi connectivity index (χ1) is 20.7. The molecule has 1 aliphatic carbocycles. The normalized spacial score (nSPS) is 19.4. The molecule has 43 heavy (non-hydrogen) atoms. The zero-order valence-electron chi connectivity index (χ0n) is 23.5. The molecule has 0 spiro atoms. The topological polar surface area (TPSA) is 131 Å². The highest BCUT2D eigenvalue weighted by Crippen LogP contribution is 2.32. The van der Waals surface area contributed by atoms with Gasteiger partial charge >= 0.3 is 6.03 Å².